The molecule has 0 spiro atoms. The average Bonchev–Trinajstić information content (AvgIpc) is 2.56. The molecule has 0 amide bonds. The molecule has 0 saturated carbocycles. The van der Waals surface area contributed by atoms with E-state index in [2.05, 4.69) is 35.4 Å². The minimum atomic E-state index is -0.179. The van der Waals surface area contributed by atoms with E-state index < -0.39 is 0 Å². The number of nitrogens with zero attached hydrogens (tertiary/aromatic N) is 1. The second-order valence-electron chi connectivity index (χ2n) is 5.41. The van der Waals surface area contributed by atoms with Gasteiger partial charge in [0.05, 0.1) is 5.52 Å². The van der Waals surface area contributed by atoms with Crippen LogP contribution in [0.25, 0.3) is 10.9 Å². The number of aromatic nitrogens is 1. The molecule has 0 saturated heterocycles. The molecule has 1 N–H and O–H groups in total. The lowest BCUT2D eigenvalue weighted by Gasteiger charge is -2.09. The molecule has 0 bridgehead atoms. The summed E-state index contributed by atoms with van der Waals surface area (Å²) in [7, 11) is 1.79. The molecule has 0 aliphatic carbocycles. The number of hydrogen-bond acceptors (Lipinski definition) is 2. The fourth-order valence-electron chi connectivity index (χ4n) is 2.68. The van der Waals surface area contributed by atoms with Crippen LogP contribution < -0.4 is 5.32 Å². The van der Waals surface area contributed by atoms with Crippen LogP contribution in [-0.2, 0) is 12.8 Å². The fourth-order valence-corrected chi connectivity index (χ4v) is 2.68. The molecule has 22 heavy (non-hydrogen) atoms. The van der Waals surface area contributed by atoms with Crippen LogP contribution >= 0.6 is 0 Å². The van der Waals surface area contributed by atoms with Gasteiger partial charge in [-0.05, 0) is 47.4 Å². The molecule has 0 radical (unpaired) electrons. The Kier molecular flexibility index (Phi) is 4.05. The highest BCUT2D eigenvalue weighted by molar-refractivity contribution is 5.83. The van der Waals surface area contributed by atoms with Crippen molar-refractivity contribution in [3.63, 3.8) is 0 Å². The van der Waals surface area contributed by atoms with Crippen molar-refractivity contribution in [3.8, 4) is 0 Å². The highest BCUT2D eigenvalue weighted by atomic mass is 19.1. The average molecular weight is 294 g/mol. The van der Waals surface area contributed by atoms with Gasteiger partial charge in [-0.3, -0.25) is 4.98 Å². The summed E-state index contributed by atoms with van der Waals surface area (Å²) in [5, 5.41) is 4.05. The van der Waals surface area contributed by atoms with E-state index in [0.717, 1.165) is 28.6 Å². The fraction of sp³-hybridized carbons (Fsp3) is 0.211. The van der Waals surface area contributed by atoms with Gasteiger partial charge in [0.15, 0.2) is 0 Å². The summed E-state index contributed by atoms with van der Waals surface area (Å²) in [5.41, 5.74) is 4.83. The second kappa shape index (κ2) is 6.14. The summed E-state index contributed by atoms with van der Waals surface area (Å²) >= 11 is 0. The van der Waals surface area contributed by atoms with Crippen LogP contribution in [0.5, 0.6) is 0 Å². The van der Waals surface area contributed by atoms with Crippen LogP contribution in [0.15, 0.2) is 48.7 Å². The molecule has 3 rings (SSSR count). The van der Waals surface area contributed by atoms with E-state index in [1.54, 1.807) is 13.2 Å². The molecule has 2 aromatic carbocycles. The Morgan fingerprint density at radius 1 is 1.05 bits per heavy atom. The van der Waals surface area contributed by atoms with E-state index in [-0.39, 0.29) is 5.82 Å². The number of rotatable bonds is 4. The largest absolute Gasteiger partial charge is 0.388 e. The number of aryl methyl sites for hydroxylation is 1. The van der Waals surface area contributed by atoms with E-state index in [1.807, 2.05) is 18.2 Å². The van der Waals surface area contributed by atoms with Crippen LogP contribution in [0.1, 0.15) is 23.6 Å². The van der Waals surface area contributed by atoms with Crippen LogP contribution in [0.2, 0.25) is 0 Å². The molecule has 0 unspecified atom stereocenters. The lowest BCUT2D eigenvalue weighted by atomic mass is 9.99. The van der Waals surface area contributed by atoms with Crippen molar-refractivity contribution < 1.29 is 4.39 Å². The molecular formula is C19H19FN2. The van der Waals surface area contributed by atoms with Crippen molar-refractivity contribution in [2.45, 2.75) is 19.8 Å². The summed E-state index contributed by atoms with van der Waals surface area (Å²) in [4.78, 5) is 4.44. The third-order valence-electron chi connectivity index (χ3n) is 4.03. The van der Waals surface area contributed by atoms with Gasteiger partial charge in [0.1, 0.15) is 5.82 Å². The maximum atomic E-state index is 14.2. The molecular weight excluding hydrogens is 275 g/mol. The van der Waals surface area contributed by atoms with Gasteiger partial charge in [0.2, 0.25) is 0 Å². The second-order valence-corrected chi connectivity index (χ2v) is 5.41. The van der Waals surface area contributed by atoms with Gasteiger partial charge < -0.3 is 5.32 Å². The minimum absolute atomic E-state index is 0.179. The van der Waals surface area contributed by atoms with Gasteiger partial charge in [-0.25, -0.2) is 4.39 Å². The first-order chi connectivity index (χ1) is 10.7. The quantitative estimate of drug-likeness (QED) is 0.762. The summed E-state index contributed by atoms with van der Waals surface area (Å²) in [6, 6.07) is 13.6. The number of hydrogen-bond donors (Lipinski definition) is 1. The molecule has 112 valence electrons. The summed E-state index contributed by atoms with van der Waals surface area (Å²) in [5.74, 6) is -0.179. The molecule has 0 fully saturated rings. The summed E-state index contributed by atoms with van der Waals surface area (Å²) in [6.07, 6.45) is 3.36. The number of anilines is 1. The van der Waals surface area contributed by atoms with Crippen molar-refractivity contribution in [3.05, 3.63) is 71.2 Å². The topological polar surface area (TPSA) is 24.9 Å². The van der Waals surface area contributed by atoms with Crippen LogP contribution in [0, 0.1) is 5.82 Å². The normalized spacial score (nSPS) is 10.9. The standard InChI is InChI=1S/C19H19FN2/c1-3-13-4-7-17-14(8-9-22-19(17)10-13)11-15-5-6-16(21-2)12-18(15)20/h4-10,12,21H,3,11H2,1-2H3. The van der Waals surface area contributed by atoms with Gasteiger partial charge in [-0.1, -0.05) is 25.1 Å². The van der Waals surface area contributed by atoms with Crippen LogP contribution in [-0.4, -0.2) is 12.0 Å². The molecule has 1 heterocycles. The monoisotopic (exact) mass is 294 g/mol. The smallest absolute Gasteiger partial charge is 0.128 e. The molecule has 2 nitrogen and oxygen atoms in total. The maximum absolute atomic E-state index is 14.2. The molecule has 1 aromatic heterocycles. The van der Waals surface area contributed by atoms with E-state index >= 15 is 0 Å². The molecule has 0 aliphatic heterocycles. The Labute approximate surface area is 130 Å². The third-order valence-corrected chi connectivity index (χ3v) is 4.03. The number of pyridine rings is 1. The van der Waals surface area contributed by atoms with E-state index in [9.17, 15) is 4.39 Å². The Hall–Kier alpha value is -2.42. The first-order valence-electron chi connectivity index (χ1n) is 7.54. The zero-order valence-corrected chi connectivity index (χ0v) is 12.9. The van der Waals surface area contributed by atoms with Gasteiger partial charge in [-0.15, -0.1) is 0 Å². The van der Waals surface area contributed by atoms with Crippen molar-refractivity contribution in [2.75, 3.05) is 12.4 Å². The van der Waals surface area contributed by atoms with Gasteiger partial charge in [0.25, 0.3) is 0 Å². The Bertz CT molecular complexity index is 812. The van der Waals surface area contributed by atoms with Gasteiger partial charge in [-0.2, -0.15) is 0 Å². The molecule has 0 atom stereocenters. The lowest BCUT2D eigenvalue weighted by Crippen LogP contribution is -1.97. The number of halogens is 1. The summed E-state index contributed by atoms with van der Waals surface area (Å²) in [6.45, 7) is 2.13. The number of nitrogens with one attached hydrogen (secondary N) is 1. The first-order valence-corrected chi connectivity index (χ1v) is 7.54. The minimum Gasteiger partial charge on any atom is -0.388 e. The van der Waals surface area contributed by atoms with Gasteiger partial charge in [0, 0.05) is 30.7 Å². The Morgan fingerprint density at radius 2 is 1.91 bits per heavy atom. The predicted molar refractivity (Wildman–Crippen MR) is 89.9 cm³/mol. The van der Waals surface area contributed by atoms with Crippen LogP contribution in [0.4, 0.5) is 10.1 Å². The third kappa shape index (κ3) is 2.80. The first kappa shape index (κ1) is 14.5. The Morgan fingerprint density at radius 3 is 2.64 bits per heavy atom. The summed E-state index contributed by atoms with van der Waals surface area (Å²) < 4.78 is 14.2. The van der Waals surface area contributed by atoms with Crippen molar-refractivity contribution in [1.82, 2.24) is 4.98 Å². The SMILES string of the molecule is CCc1ccc2c(Cc3ccc(NC)cc3F)ccnc2c1. The van der Waals surface area contributed by atoms with Crippen molar-refractivity contribution >= 4 is 16.6 Å². The lowest BCUT2D eigenvalue weighted by molar-refractivity contribution is 0.614. The van der Waals surface area contributed by atoms with E-state index in [4.69, 9.17) is 0 Å². The highest BCUT2D eigenvalue weighted by Crippen LogP contribution is 2.23. The van der Waals surface area contributed by atoms with Crippen LogP contribution in [0.3, 0.4) is 0 Å². The molecule has 3 aromatic rings. The maximum Gasteiger partial charge on any atom is 0.128 e. The zero-order chi connectivity index (χ0) is 15.5. The zero-order valence-electron chi connectivity index (χ0n) is 12.9. The van der Waals surface area contributed by atoms with Gasteiger partial charge >= 0.3 is 0 Å². The number of fused-ring (bicyclic) bond motifs is 1. The number of benzene rings is 2. The van der Waals surface area contributed by atoms with Crippen molar-refractivity contribution in [2.24, 2.45) is 0 Å². The molecule has 3 heteroatoms. The Balaban J connectivity index is 2.00. The van der Waals surface area contributed by atoms with Crippen molar-refractivity contribution in [1.29, 1.82) is 0 Å². The predicted octanol–water partition coefficient (Wildman–Crippen LogP) is 4.57. The van der Waals surface area contributed by atoms with E-state index in [1.165, 1.54) is 11.6 Å². The van der Waals surface area contributed by atoms with E-state index in [0.29, 0.717) is 12.0 Å². The highest BCUT2D eigenvalue weighted by Gasteiger charge is 2.08. The molecule has 0 aliphatic rings.